The van der Waals surface area contributed by atoms with E-state index in [0.717, 1.165) is 5.57 Å². The number of anilines is 2. The average molecular weight is 396 g/mol. The van der Waals surface area contributed by atoms with Crippen LogP contribution in [0.25, 0.3) is 0 Å². The first-order chi connectivity index (χ1) is 13.8. The normalized spacial score (nSPS) is 15.2. The third-order valence-corrected chi connectivity index (χ3v) is 4.50. The molecule has 1 heterocycles. The first-order valence-corrected chi connectivity index (χ1v) is 9.14. The molecule has 0 bridgehead atoms. The predicted octanol–water partition coefficient (Wildman–Crippen LogP) is 3.65. The van der Waals surface area contributed by atoms with Crippen molar-refractivity contribution in [1.82, 2.24) is 0 Å². The van der Waals surface area contributed by atoms with Gasteiger partial charge in [-0.2, -0.15) is 0 Å². The lowest BCUT2D eigenvalue weighted by Gasteiger charge is -2.33. The summed E-state index contributed by atoms with van der Waals surface area (Å²) in [5.41, 5.74) is 2.40. The molecule has 1 atom stereocenters. The molecule has 0 aliphatic carbocycles. The Labute approximate surface area is 169 Å². The van der Waals surface area contributed by atoms with E-state index in [0.29, 0.717) is 40.7 Å². The van der Waals surface area contributed by atoms with Crippen LogP contribution in [0, 0.1) is 0 Å². The first-order valence-electron chi connectivity index (χ1n) is 9.14. The van der Waals surface area contributed by atoms with Crippen LogP contribution in [0.5, 0.6) is 17.2 Å². The van der Waals surface area contributed by atoms with E-state index in [1.54, 1.807) is 48.2 Å². The van der Waals surface area contributed by atoms with Crippen LogP contribution in [0.15, 0.2) is 48.6 Å². The van der Waals surface area contributed by atoms with Gasteiger partial charge < -0.3 is 24.4 Å². The van der Waals surface area contributed by atoms with E-state index in [-0.39, 0.29) is 11.8 Å². The molecule has 0 fully saturated rings. The van der Waals surface area contributed by atoms with E-state index in [4.69, 9.17) is 14.2 Å². The predicted molar refractivity (Wildman–Crippen MR) is 111 cm³/mol. The monoisotopic (exact) mass is 396 g/mol. The number of carbonyl (C=O) groups is 2. The summed E-state index contributed by atoms with van der Waals surface area (Å²) in [6.45, 7) is 7.85. The molecule has 0 saturated carbocycles. The van der Waals surface area contributed by atoms with Gasteiger partial charge in [-0.25, -0.2) is 0 Å². The maximum absolute atomic E-state index is 12.7. The smallest absolute Gasteiger partial charge is 0.268 e. The van der Waals surface area contributed by atoms with Gasteiger partial charge in [0.05, 0.1) is 19.9 Å². The number of benzene rings is 2. The molecule has 0 saturated heterocycles. The van der Waals surface area contributed by atoms with E-state index >= 15 is 0 Å². The Hall–Kier alpha value is -3.48. The topological polar surface area (TPSA) is 77.1 Å². The maximum Gasteiger partial charge on any atom is 0.268 e. The van der Waals surface area contributed by atoms with E-state index in [2.05, 4.69) is 11.9 Å². The molecule has 152 valence electrons. The Balaban J connectivity index is 1.88. The highest BCUT2D eigenvalue weighted by Gasteiger charge is 2.31. The third kappa shape index (κ3) is 4.18. The van der Waals surface area contributed by atoms with Crippen molar-refractivity contribution in [2.24, 2.45) is 0 Å². The summed E-state index contributed by atoms with van der Waals surface area (Å²) in [6, 6.07) is 10.1. The lowest BCUT2D eigenvalue weighted by molar-refractivity contribution is -0.125. The SMILES string of the molecule is C=C(C)CN1C(=O)C(C)Oc2ccc(NC(=O)c3ccc(OC)c(OC)c3)cc21. The summed E-state index contributed by atoms with van der Waals surface area (Å²) < 4.78 is 16.1. The van der Waals surface area contributed by atoms with Crippen molar-refractivity contribution in [2.75, 3.05) is 31.0 Å². The van der Waals surface area contributed by atoms with E-state index in [1.807, 2.05) is 6.92 Å². The van der Waals surface area contributed by atoms with Crippen molar-refractivity contribution < 1.29 is 23.8 Å². The molecule has 1 aliphatic heterocycles. The molecule has 1 N–H and O–H groups in total. The highest BCUT2D eigenvalue weighted by Crippen LogP contribution is 2.37. The number of nitrogens with zero attached hydrogens (tertiary/aromatic N) is 1. The Morgan fingerprint density at radius 2 is 1.90 bits per heavy atom. The van der Waals surface area contributed by atoms with Crippen molar-refractivity contribution in [2.45, 2.75) is 20.0 Å². The average Bonchev–Trinajstić information content (AvgIpc) is 2.71. The molecule has 2 aromatic carbocycles. The van der Waals surface area contributed by atoms with Gasteiger partial charge in [0.1, 0.15) is 5.75 Å². The van der Waals surface area contributed by atoms with E-state index in [9.17, 15) is 9.59 Å². The summed E-state index contributed by atoms with van der Waals surface area (Å²) >= 11 is 0. The zero-order valence-corrected chi connectivity index (χ0v) is 16.9. The Morgan fingerprint density at radius 1 is 1.17 bits per heavy atom. The molecular weight excluding hydrogens is 372 g/mol. The van der Waals surface area contributed by atoms with E-state index < -0.39 is 6.10 Å². The molecule has 7 nitrogen and oxygen atoms in total. The molecular formula is C22H24N2O5. The summed E-state index contributed by atoms with van der Waals surface area (Å²) in [6.07, 6.45) is -0.575. The van der Waals surface area contributed by atoms with Gasteiger partial charge in [0, 0.05) is 17.8 Å². The highest BCUT2D eigenvalue weighted by atomic mass is 16.5. The van der Waals surface area contributed by atoms with E-state index in [1.165, 1.54) is 14.2 Å². The minimum Gasteiger partial charge on any atom is -0.493 e. The number of methoxy groups -OCH3 is 2. The Bertz CT molecular complexity index is 970. The number of fused-ring (bicyclic) bond motifs is 1. The zero-order chi connectivity index (χ0) is 21.1. The molecule has 0 radical (unpaired) electrons. The van der Waals surface area contributed by atoms with Gasteiger partial charge in [-0.15, -0.1) is 0 Å². The van der Waals surface area contributed by atoms with Crippen LogP contribution in [0.3, 0.4) is 0 Å². The largest absolute Gasteiger partial charge is 0.493 e. The van der Waals surface area contributed by atoms with Crippen LogP contribution in [0.1, 0.15) is 24.2 Å². The number of hydrogen-bond donors (Lipinski definition) is 1. The number of rotatable bonds is 6. The van der Waals surface area contributed by atoms with Gasteiger partial charge >= 0.3 is 0 Å². The number of amides is 2. The maximum atomic E-state index is 12.7. The minimum atomic E-state index is -0.575. The van der Waals surface area contributed by atoms with Crippen LogP contribution in [-0.2, 0) is 4.79 Å². The zero-order valence-electron chi connectivity index (χ0n) is 16.9. The summed E-state index contributed by atoms with van der Waals surface area (Å²) in [5, 5.41) is 2.85. The molecule has 0 aromatic heterocycles. The van der Waals surface area contributed by atoms with Crippen molar-refractivity contribution in [3.63, 3.8) is 0 Å². The molecule has 0 spiro atoms. The van der Waals surface area contributed by atoms with Crippen molar-refractivity contribution >= 4 is 23.2 Å². The highest BCUT2D eigenvalue weighted by molar-refractivity contribution is 6.06. The summed E-state index contributed by atoms with van der Waals surface area (Å²) in [4.78, 5) is 26.9. The van der Waals surface area contributed by atoms with Crippen LogP contribution < -0.4 is 24.4 Å². The fourth-order valence-electron chi connectivity index (χ4n) is 3.10. The molecule has 2 aromatic rings. The molecule has 29 heavy (non-hydrogen) atoms. The van der Waals surface area contributed by atoms with Crippen LogP contribution in [0.2, 0.25) is 0 Å². The second-order valence-corrected chi connectivity index (χ2v) is 6.85. The van der Waals surface area contributed by atoms with Gasteiger partial charge in [0.25, 0.3) is 11.8 Å². The van der Waals surface area contributed by atoms with Crippen molar-refractivity contribution in [1.29, 1.82) is 0 Å². The fourth-order valence-corrected chi connectivity index (χ4v) is 3.10. The van der Waals surface area contributed by atoms with Crippen LogP contribution in [-0.4, -0.2) is 38.7 Å². The number of nitrogens with one attached hydrogen (secondary N) is 1. The van der Waals surface area contributed by atoms with Crippen molar-refractivity contribution in [3.8, 4) is 17.2 Å². The second-order valence-electron chi connectivity index (χ2n) is 6.85. The molecule has 7 heteroatoms. The van der Waals surface area contributed by atoms with Gasteiger partial charge in [-0.05, 0) is 50.2 Å². The number of hydrogen-bond acceptors (Lipinski definition) is 5. The lowest BCUT2D eigenvalue weighted by Crippen LogP contribution is -2.45. The molecule has 1 aliphatic rings. The lowest BCUT2D eigenvalue weighted by atomic mass is 10.1. The Kier molecular flexibility index (Phi) is 5.77. The summed E-state index contributed by atoms with van der Waals surface area (Å²) in [7, 11) is 3.04. The first kappa shape index (κ1) is 20.3. The number of ether oxygens (including phenoxy) is 3. The Morgan fingerprint density at radius 3 is 2.55 bits per heavy atom. The van der Waals surface area contributed by atoms with Gasteiger partial charge in [0.2, 0.25) is 0 Å². The molecule has 2 amide bonds. The summed E-state index contributed by atoms with van der Waals surface area (Å²) in [5.74, 6) is 1.13. The van der Waals surface area contributed by atoms with Crippen LogP contribution >= 0.6 is 0 Å². The standard InChI is InChI=1S/C22H24N2O5/c1-13(2)12-24-17-11-16(7-9-18(17)29-14(3)22(24)26)23-21(25)15-6-8-19(27-4)20(10-15)28-5/h6-11,14H,1,12H2,2-5H3,(H,23,25). The molecule has 1 unspecified atom stereocenters. The fraction of sp³-hybridized carbons (Fsp3) is 0.273. The van der Waals surface area contributed by atoms with Crippen molar-refractivity contribution in [3.05, 3.63) is 54.1 Å². The quantitative estimate of drug-likeness (QED) is 0.755. The molecule has 3 rings (SSSR count). The third-order valence-electron chi connectivity index (χ3n) is 4.50. The minimum absolute atomic E-state index is 0.149. The number of carbonyl (C=O) groups excluding carboxylic acids is 2. The van der Waals surface area contributed by atoms with Gasteiger partial charge in [-0.1, -0.05) is 12.2 Å². The van der Waals surface area contributed by atoms with Crippen LogP contribution in [0.4, 0.5) is 11.4 Å². The van der Waals surface area contributed by atoms with Gasteiger partial charge in [0.15, 0.2) is 17.6 Å². The second kappa shape index (κ2) is 8.26. The van der Waals surface area contributed by atoms with Gasteiger partial charge in [-0.3, -0.25) is 9.59 Å².